The topological polar surface area (TPSA) is 50.9 Å². The molecule has 3 heterocycles. The Morgan fingerprint density at radius 2 is 1.82 bits per heavy atom. The van der Waals surface area contributed by atoms with Gasteiger partial charge in [-0.2, -0.15) is 0 Å². The van der Waals surface area contributed by atoms with Crippen molar-refractivity contribution < 1.29 is 22.7 Å². The van der Waals surface area contributed by atoms with Gasteiger partial charge in [-0.15, -0.1) is 0 Å². The normalized spacial score (nSPS) is 14.1. The summed E-state index contributed by atoms with van der Waals surface area (Å²) in [5, 5.41) is 0. The Hall–Kier alpha value is -3.81. The highest BCUT2D eigenvalue weighted by Crippen LogP contribution is 2.30. The lowest BCUT2D eigenvalue weighted by Gasteiger charge is -2.36. The van der Waals surface area contributed by atoms with Crippen LogP contribution in [0.3, 0.4) is 0 Å². The van der Waals surface area contributed by atoms with Crippen LogP contribution in [-0.4, -0.2) is 48.2 Å². The molecule has 2 aromatic carbocycles. The first-order valence-electron chi connectivity index (χ1n) is 11.3. The highest BCUT2D eigenvalue weighted by atomic mass is 19.2. The number of carbonyl (C=O) groups excluding carboxylic acids is 1. The summed E-state index contributed by atoms with van der Waals surface area (Å²) in [6.45, 7) is 4.93. The monoisotopic (exact) mass is 465 g/mol. The number of fused-ring (bicyclic) bond motifs is 1. The number of ether oxygens (including phenoxy) is 1. The molecule has 0 atom stereocenters. The van der Waals surface area contributed by atoms with Crippen molar-refractivity contribution in [3.63, 3.8) is 0 Å². The van der Waals surface area contributed by atoms with Gasteiger partial charge >= 0.3 is 0 Å². The van der Waals surface area contributed by atoms with E-state index in [0.29, 0.717) is 49.6 Å². The molecule has 176 valence electrons. The van der Waals surface area contributed by atoms with Gasteiger partial charge in [0.05, 0.1) is 30.6 Å². The zero-order valence-corrected chi connectivity index (χ0v) is 18.8. The van der Waals surface area contributed by atoms with Crippen molar-refractivity contribution >= 4 is 22.7 Å². The number of carbonyl (C=O) groups is 1. The van der Waals surface area contributed by atoms with Gasteiger partial charge in [-0.25, -0.2) is 8.78 Å². The lowest BCUT2D eigenvalue weighted by atomic mass is 10.2. The van der Waals surface area contributed by atoms with Gasteiger partial charge in [0.25, 0.3) is 5.91 Å². The predicted molar refractivity (Wildman–Crippen MR) is 125 cm³/mol. The van der Waals surface area contributed by atoms with Crippen LogP contribution in [0.2, 0.25) is 0 Å². The quantitative estimate of drug-likeness (QED) is 0.406. The smallest absolute Gasteiger partial charge is 0.270 e. The van der Waals surface area contributed by atoms with Crippen molar-refractivity contribution in [2.24, 2.45) is 0 Å². The molecule has 34 heavy (non-hydrogen) atoms. The predicted octanol–water partition coefficient (Wildman–Crippen LogP) is 4.92. The maximum Gasteiger partial charge on any atom is 0.270 e. The summed E-state index contributed by atoms with van der Waals surface area (Å²) in [5.74, 6) is -1.16. The fourth-order valence-electron chi connectivity index (χ4n) is 4.47. The third-order valence-corrected chi connectivity index (χ3v) is 6.17. The summed E-state index contributed by atoms with van der Waals surface area (Å²) in [7, 11) is 0. The van der Waals surface area contributed by atoms with E-state index < -0.39 is 11.6 Å². The Bertz CT molecular complexity index is 1320. The third-order valence-electron chi connectivity index (χ3n) is 6.17. The number of rotatable bonds is 6. The molecule has 1 aliphatic heterocycles. The van der Waals surface area contributed by atoms with E-state index >= 15 is 0 Å². The second-order valence-corrected chi connectivity index (χ2v) is 8.18. The largest absolute Gasteiger partial charge is 0.492 e. The lowest BCUT2D eigenvalue weighted by Crippen LogP contribution is -2.49. The Balaban J connectivity index is 1.37. The Kier molecular flexibility index (Phi) is 5.96. The van der Waals surface area contributed by atoms with Crippen molar-refractivity contribution in [1.29, 1.82) is 0 Å². The molecule has 0 saturated carbocycles. The van der Waals surface area contributed by atoms with Crippen LogP contribution in [0.15, 0.2) is 65.3 Å². The number of benzene rings is 2. The number of anilines is 1. The molecular weight excluding hydrogens is 440 g/mol. The fraction of sp³-hybridized carbons (Fsp3) is 0.269. The van der Waals surface area contributed by atoms with E-state index in [2.05, 4.69) is 4.90 Å². The molecule has 5 rings (SSSR count). The highest BCUT2D eigenvalue weighted by Gasteiger charge is 2.27. The first-order chi connectivity index (χ1) is 16.6. The second kappa shape index (κ2) is 9.21. The van der Waals surface area contributed by atoms with Gasteiger partial charge in [0.1, 0.15) is 11.4 Å². The molecule has 1 amide bonds. The van der Waals surface area contributed by atoms with Gasteiger partial charge in [-0.1, -0.05) is 24.3 Å². The van der Waals surface area contributed by atoms with Gasteiger partial charge in [0.2, 0.25) is 0 Å². The van der Waals surface area contributed by atoms with Crippen molar-refractivity contribution in [3.8, 4) is 5.75 Å². The van der Waals surface area contributed by atoms with Crippen LogP contribution in [0.4, 0.5) is 14.5 Å². The van der Waals surface area contributed by atoms with Crippen LogP contribution in [0, 0.1) is 11.6 Å². The standard InChI is InChI=1S/C26H25F2N3O3/c1-2-33-23-9-4-3-8-20(23)29-11-13-30(14-12-29)26(32)22-16-24-21(10-15-34-24)31(22)17-18-6-5-7-19(27)25(18)28/h3-10,15-16H,2,11-14,17H2,1H3. The summed E-state index contributed by atoms with van der Waals surface area (Å²) >= 11 is 0. The molecule has 0 unspecified atom stereocenters. The summed E-state index contributed by atoms with van der Waals surface area (Å²) in [5.41, 5.74) is 2.77. The fourth-order valence-corrected chi connectivity index (χ4v) is 4.47. The van der Waals surface area contributed by atoms with E-state index in [1.54, 1.807) is 21.6 Å². The second-order valence-electron chi connectivity index (χ2n) is 8.18. The molecule has 0 aliphatic carbocycles. The highest BCUT2D eigenvalue weighted by molar-refractivity contribution is 5.97. The number of hydrogen-bond donors (Lipinski definition) is 0. The van der Waals surface area contributed by atoms with Crippen LogP contribution in [0.5, 0.6) is 5.75 Å². The molecule has 8 heteroatoms. The zero-order chi connectivity index (χ0) is 23.7. The molecule has 0 radical (unpaired) electrons. The van der Waals surface area contributed by atoms with E-state index in [0.717, 1.165) is 17.5 Å². The zero-order valence-electron chi connectivity index (χ0n) is 18.8. The summed E-state index contributed by atoms with van der Waals surface area (Å²) in [6, 6.07) is 15.4. The number of halogens is 2. The molecule has 1 saturated heterocycles. The minimum absolute atomic E-state index is 0.0232. The molecule has 4 aromatic rings. The number of aromatic nitrogens is 1. The minimum atomic E-state index is -0.913. The summed E-state index contributed by atoms with van der Waals surface area (Å²) in [4.78, 5) is 17.5. The SMILES string of the molecule is CCOc1ccccc1N1CCN(C(=O)c2cc3occc3n2Cc2cccc(F)c2F)CC1. The molecule has 0 spiro atoms. The van der Waals surface area contributed by atoms with Crippen molar-refractivity contribution in [1.82, 2.24) is 9.47 Å². The van der Waals surface area contributed by atoms with Crippen LogP contribution >= 0.6 is 0 Å². The van der Waals surface area contributed by atoms with E-state index in [1.165, 1.54) is 18.4 Å². The van der Waals surface area contributed by atoms with E-state index in [9.17, 15) is 13.6 Å². The van der Waals surface area contributed by atoms with Crippen molar-refractivity contribution in [2.75, 3.05) is 37.7 Å². The Labute approximate surface area is 195 Å². The number of furan rings is 1. The molecule has 6 nitrogen and oxygen atoms in total. The van der Waals surface area contributed by atoms with Gasteiger partial charge in [0, 0.05) is 43.9 Å². The Morgan fingerprint density at radius 1 is 1.03 bits per heavy atom. The maximum absolute atomic E-state index is 14.4. The minimum Gasteiger partial charge on any atom is -0.492 e. The van der Waals surface area contributed by atoms with Gasteiger partial charge in [0.15, 0.2) is 17.2 Å². The maximum atomic E-state index is 14.4. The molecule has 1 aliphatic rings. The molecule has 2 aromatic heterocycles. The van der Waals surface area contributed by atoms with Crippen LogP contribution < -0.4 is 9.64 Å². The lowest BCUT2D eigenvalue weighted by molar-refractivity contribution is 0.0736. The van der Waals surface area contributed by atoms with Crippen molar-refractivity contribution in [2.45, 2.75) is 13.5 Å². The van der Waals surface area contributed by atoms with Crippen LogP contribution in [0.25, 0.3) is 11.1 Å². The number of nitrogens with zero attached hydrogens (tertiary/aromatic N) is 3. The van der Waals surface area contributed by atoms with Crippen LogP contribution in [-0.2, 0) is 6.54 Å². The third kappa shape index (κ3) is 4.00. The summed E-state index contributed by atoms with van der Waals surface area (Å²) in [6.07, 6.45) is 1.52. The number of para-hydroxylation sites is 2. The molecule has 0 N–H and O–H groups in total. The van der Waals surface area contributed by atoms with Crippen molar-refractivity contribution in [3.05, 3.63) is 83.8 Å². The number of piperazine rings is 1. The number of amides is 1. The van der Waals surface area contributed by atoms with E-state index in [1.807, 2.05) is 31.2 Å². The van der Waals surface area contributed by atoms with E-state index in [4.69, 9.17) is 9.15 Å². The molecular formula is C26H25F2N3O3. The average Bonchev–Trinajstić information content (AvgIpc) is 3.45. The van der Waals surface area contributed by atoms with E-state index in [-0.39, 0.29) is 18.0 Å². The number of hydrogen-bond acceptors (Lipinski definition) is 4. The van der Waals surface area contributed by atoms with Gasteiger partial charge in [-0.05, 0) is 25.1 Å². The van der Waals surface area contributed by atoms with Gasteiger partial charge < -0.3 is 23.5 Å². The first kappa shape index (κ1) is 22.0. The van der Waals surface area contributed by atoms with Crippen LogP contribution in [0.1, 0.15) is 23.0 Å². The Morgan fingerprint density at radius 3 is 2.62 bits per heavy atom. The average molecular weight is 466 g/mol. The summed E-state index contributed by atoms with van der Waals surface area (Å²) < 4.78 is 41.1. The van der Waals surface area contributed by atoms with Gasteiger partial charge in [-0.3, -0.25) is 4.79 Å². The molecule has 1 fully saturated rings. The molecule has 0 bridgehead atoms. The first-order valence-corrected chi connectivity index (χ1v) is 11.3.